The summed E-state index contributed by atoms with van der Waals surface area (Å²) in [5.74, 6) is 0.650. The minimum atomic E-state index is -0.556. The molecule has 1 aliphatic heterocycles. The van der Waals surface area contributed by atoms with Gasteiger partial charge < -0.3 is 14.5 Å². The molecular weight excluding hydrogens is 326 g/mol. The summed E-state index contributed by atoms with van der Waals surface area (Å²) >= 11 is 1.46. The maximum atomic E-state index is 12.9. The summed E-state index contributed by atoms with van der Waals surface area (Å²) in [7, 11) is 0. The first kappa shape index (κ1) is 15.3. The van der Waals surface area contributed by atoms with Gasteiger partial charge in [-0.25, -0.2) is 4.98 Å². The van der Waals surface area contributed by atoms with Gasteiger partial charge in [0.15, 0.2) is 0 Å². The zero-order valence-electron chi connectivity index (χ0n) is 13.2. The number of carbonyl (C=O) groups excluding carboxylic acids is 1. The number of nitrogens with zero attached hydrogens (tertiary/aromatic N) is 3. The Morgan fingerprint density at radius 2 is 2.33 bits per heavy atom. The number of amides is 1. The van der Waals surface area contributed by atoms with Crippen LogP contribution in [0.3, 0.4) is 0 Å². The van der Waals surface area contributed by atoms with Gasteiger partial charge in [0.1, 0.15) is 5.76 Å². The Kier molecular flexibility index (Phi) is 3.82. The zero-order valence-corrected chi connectivity index (χ0v) is 14.0. The van der Waals surface area contributed by atoms with Gasteiger partial charge in [-0.2, -0.15) is 0 Å². The maximum absolute atomic E-state index is 12.9. The van der Waals surface area contributed by atoms with Crippen molar-refractivity contribution >= 4 is 27.5 Å². The van der Waals surface area contributed by atoms with Gasteiger partial charge in [-0.3, -0.25) is 4.79 Å². The molecule has 124 valence electrons. The highest BCUT2D eigenvalue weighted by Gasteiger charge is 2.35. The number of carbonyl (C=O) groups is 1. The molecule has 0 bridgehead atoms. The van der Waals surface area contributed by atoms with Crippen molar-refractivity contribution in [2.75, 3.05) is 13.1 Å². The number of β-amino-alcohol motifs (C(OH)–C–C–N with tert-alkyl or cyclic N) is 1. The molecule has 1 amide bonds. The molecule has 0 spiro atoms. The summed E-state index contributed by atoms with van der Waals surface area (Å²) in [4.78, 5) is 18.8. The second kappa shape index (κ2) is 5.99. The number of benzene rings is 1. The highest BCUT2D eigenvalue weighted by molar-refractivity contribution is 7.17. The average molecular weight is 343 g/mol. The number of fused-ring (bicyclic) bond motifs is 1. The minimum absolute atomic E-state index is 0.0398. The first-order valence-electron chi connectivity index (χ1n) is 7.83. The molecule has 6 nitrogen and oxygen atoms in total. The molecule has 2 atom stereocenters. The molecule has 1 saturated heterocycles. The Bertz CT molecular complexity index is 888. The number of thiazole rings is 1. The van der Waals surface area contributed by atoms with Gasteiger partial charge in [-0.15, -0.1) is 11.3 Å². The lowest BCUT2D eigenvalue weighted by Gasteiger charge is -2.16. The van der Waals surface area contributed by atoms with E-state index in [1.165, 1.54) is 11.3 Å². The second-order valence-corrected chi connectivity index (χ2v) is 7.04. The molecule has 4 rings (SSSR count). The summed E-state index contributed by atoms with van der Waals surface area (Å²) < 4.78 is 6.13. The van der Waals surface area contributed by atoms with Crippen molar-refractivity contribution < 1.29 is 14.4 Å². The zero-order chi connectivity index (χ0) is 16.7. The smallest absolute Gasteiger partial charge is 0.255 e. The molecule has 1 fully saturated rings. The van der Waals surface area contributed by atoms with Crippen molar-refractivity contribution in [1.82, 2.24) is 15.0 Å². The fourth-order valence-electron chi connectivity index (χ4n) is 3.22. The van der Waals surface area contributed by atoms with Crippen molar-refractivity contribution in [3.05, 3.63) is 46.8 Å². The van der Waals surface area contributed by atoms with E-state index >= 15 is 0 Å². The van der Waals surface area contributed by atoms with Gasteiger partial charge in [0, 0.05) is 31.5 Å². The number of hydrogen-bond donors (Lipinski definition) is 1. The number of aromatic nitrogens is 2. The minimum Gasteiger partial charge on any atom is -0.391 e. The van der Waals surface area contributed by atoms with E-state index in [1.54, 1.807) is 10.4 Å². The molecule has 1 N–H and O–H groups in total. The molecule has 3 aromatic rings. The fraction of sp³-hybridized carbons (Fsp3) is 0.353. The Morgan fingerprint density at radius 3 is 3.12 bits per heavy atom. The van der Waals surface area contributed by atoms with Crippen molar-refractivity contribution in [2.24, 2.45) is 5.92 Å². The molecule has 2 aromatic heterocycles. The highest BCUT2D eigenvalue weighted by atomic mass is 32.1. The maximum Gasteiger partial charge on any atom is 0.255 e. The molecule has 7 heteroatoms. The molecule has 0 unspecified atom stereocenters. The quantitative estimate of drug-likeness (QED) is 0.789. The number of hydrogen-bond acceptors (Lipinski definition) is 6. The van der Waals surface area contributed by atoms with E-state index in [0.717, 1.165) is 21.7 Å². The molecule has 3 heterocycles. The van der Waals surface area contributed by atoms with Gasteiger partial charge in [-0.05, 0) is 19.1 Å². The summed E-state index contributed by atoms with van der Waals surface area (Å²) in [6.07, 6.45) is 0.0244. The van der Waals surface area contributed by atoms with Gasteiger partial charge in [0.2, 0.25) is 0 Å². The molecule has 0 aliphatic carbocycles. The predicted molar refractivity (Wildman–Crippen MR) is 90.0 cm³/mol. The molecule has 1 aromatic carbocycles. The fourth-order valence-corrected chi connectivity index (χ4v) is 4.01. The van der Waals surface area contributed by atoms with Gasteiger partial charge in [0.25, 0.3) is 5.91 Å². The monoisotopic (exact) mass is 343 g/mol. The first-order chi connectivity index (χ1) is 11.6. The summed E-state index contributed by atoms with van der Waals surface area (Å²) in [6.45, 7) is 2.71. The Morgan fingerprint density at radius 1 is 1.46 bits per heavy atom. The normalized spacial score (nSPS) is 20.8. The van der Waals surface area contributed by atoms with Crippen molar-refractivity contribution in [1.29, 1.82) is 0 Å². The lowest BCUT2D eigenvalue weighted by atomic mass is 10.0. The topological polar surface area (TPSA) is 79.5 Å². The summed E-state index contributed by atoms with van der Waals surface area (Å²) in [6, 6.07) is 7.44. The average Bonchev–Trinajstić information content (AvgIpc) is 3.28. The number of aliphatic hydroxyl groups is 1. The van der Waals surface area contributed by atoms with E-state index in [-0.39, 0.29) is 11.8 Å². The number of likely N-dealkylation sites (tertiary alicyclic amines) is 1. The van der Waals surface area contributed by atoms with Crippen LogP contribution in [0.25, 0.3) is 10.2 Å². The molecule has 0 saturated carbocycles. The Hall–Kier alpha value is -2.25. The predicted octanol–water partition coefficient (Wildman–Crippen LogP) is 2.27. The third-order valence-corrected chi connectivity index (χ3v) is 5.30. The SMILES string of the molecule is Cc1cc(C[C@@H]2CN(C(=O)c3cccc4ncsc34)C[C@@H]2O)on1. The van der Waals surface area contributed by atoms with E-state index in [4.69, 9.17) is 4.52 Å². The van der Waals surface area contributed by atoms with E-state index in [2.05, 4.69) is 10.1 Å². The Balaban J connectivity index is 1.53. The largest absolute Gasteiger partial charge is 0.391 e. The van der Waals surface area contributed by atoms with Crippen LogP contribution in [0.1, 0.15) is 21.8 Å². The van der Waals surface area contributed by atoms with Crippen LogP contribution in [0, 0.1) is 12.8 Å². The van der Waals surface area contributed by atoms with E-state index in [9.17, 15) is 9.90 Å². The highest BCUT2D eigenvalue weighted by Crippen LogP contribution is 2.27. The number of aliphatic hydroxyl groups excluding tert-OH is 1. The summed E-state index contributed by atoms with van der Waals surface area (Å²) in [5, 5.41) is 14.2. The van der Waals surface area contributed by atoms with Crippen LogP contribution >= 0.6 is 11.3 Å². The van der Waals surface area contributed by atoms with E-state index < -0.39 is 6.10 Å². The first-order valence-corrected chi connectivity index (χ1v) is 8.71. The molecule has 0 radical (unpaired) electrons. The number of aryl methyl sites for hydroxylation is 1. The van der Waals surface area contributed by atoms with Gasteiger partial charge in [0.05, 0.1) is 33.1 Å². The summed E-state index contributed by atoms with van der Waals surface area (Å²) in [5.41, 5.74) is 4.05. The van der Waals surface area contributed by atoms with Crippen LogP contribution in [0.4, 0.5) is 0 Å². The molecular formula is C17H17N3O3S. The van der Waals surface area contributed by atoms with Crippen LogP contribution < -0.4 is 0 Å². The van der Waals surface area contributed by atoms with Crippen molar-refractivity contribution in [3.8, 4) is 0 Å². The molecule has 24 heavy (non-hydrogen) atoms. The van der Waals surface area contributed by atoms with Crippen LogP contribution in [0.15, 0.2) is 34.3 Å². The number of rotatable bonds is 3. The van der Waals surface area contributed by atoms with E-state index in [1.807, 2.05) is 31.2 Å². The van der Waals surface area contributed by atoms with Crippen LogP contribution in [-0.4, -0.2) is 45.2 Å². The van der Waals surface area contributed by atoms with Crippen molar-refractivity contribution in [2.45, 2.75) is 19.4 Å². The van der Waals surface area contributed by atoms with Gasteiger partial charge >= 0.3 is 0 Å². The lowest BCUT2D eigenvalue weighted by Crippen LogP contribution is -2.29. The standard InChI is InChI=1S/C17H17N3O3S/c1-10-5-12(23-19-10)6-11-7-20(8-15(11)21)17(22)13-3-2-4-14-16(13)24-9-18-14/h2-5,9,11,15,21H,6-8H2,1H3/t11-,15+/m1/s1. The molecule has 1 aliphatic rings. The third-order valence-electron chi connectivity index (χ3n) is 4.42. The van der Waals surface area contributed by atoms with E-state index in [0.29, 0.717) is 25.1 Å². The van der Waals surface area contributed by atoms with Crippen molar-refractivity contribution in [3.63, 3.8) is 0 Å². The third kappa shape index (κ3) is 2.70. The van der Waals surface area contributed by atoms with Crippen LogP contribution in [0.2, 0.25) is 0 Å². The Labute approximate surface area is 142 Å². The second-order valence-electron chi connectivity index (χ2n) is 6.18. The van der Waals surface area contributed by atoms with Gasteiger partial charge in [-0.1, -0.05) is 11.2 Å². The lowest BCUT2D eigenvalue weighted by molar-refractivity contribution is 0.0766. The van der Waals surface area contributed by atoms with Crippen LogP contribution in [-0.2, 0) is 6.42 Å². The van der Waals surface area contributed by atoms with Crippen LogP contribution in [0.5, 0.6) is 0 Å².